The zero-order valence-electron chi connectivity index (χ0n) is 27.4. The van der Waals surface area contributed by atoms with Crippen molar-refractivity contribution in [3.8, 4) is 0 Å². The standard InChI is InChI=1S/C27H45N3O11SSi2/c1-16-13-30(24(35)29(8)21(16)32)22-19(40-44(11,12)26(5,6)7)27(18(39-22)14-38-43(9,10)25(2,3)4)17(15-42(36,37)41-27)28-20(31)23(33)34/h13,15,18-19,22H,14H2,1-12H3,(H,28,31)(H,33,34)/t18-,19+,22-,27?/m1/s1. The van der Waals surface area contributed by atoms with Crippen LogP contribution in [0.3, 0.4) is 0 Å². The molecule has 1 aromatic heterocycles. The molecule has 2 N–H and O–H groups in total. The van der Waals surface area contributed by atoms with E-state index in [2.05, 4.69) is 5.32 Å². The van der Waals surface area contributed by atoms with Gasteiger partial charge in [0.15, 0.2) is 28.5 Å². The highest BCUT2D eigenvalue weighted by atomic mass is 32.2. The van der Waals surface area contributed by atoms with Crippen LogP contribution in [0.25, 0.3) is 0 Å². The summed E-state index contributed by atoms with van der Waals surface area (Å²) < 4.78 is 53.9. The topological polar surface area (TPSA) is 181 Å². The van der Waals surface area contributed by atoms with Crippen LogP contribution in [0.2, 0.25) is 36.3 Å². The van der Waals surface area contributed by atoms with Gasteiger partial charge in [0.2, 0.25) is 0 Å². The van der Waals surface area contributed by atoms with Crippen LogP contribution in [0.5, 0.6) is 0 Å². The Balaban J connectivity index is 2.38. The van der Waals surface area contributed by atoms with Crippen molar-refractivity contribution in [2.45, 2.75) is 109 Å². The number of rotatable bonds is 7. The average Bonchev–Trinajstić information content (AvgIpc) is 3.29. The van der Waals surface area contributed by atoms with Gasteiger partial charge >= 0.3 is 17.6 Å². The first-order chi connectivity index (χ1) is 19.7. The zero-order chi connectivity index (χ0) is 34.0. The molecule has 0 aliphatic carbocycles. The number of carbonyl (C=O) groups excluding carboxylic acids is 1. The first kappa shape index (κ1) is 36.1. The van der Waals surface area contributed by atoms with Crippen molar-refractivity contribution >= 4 is 38.6 Å². The third-order valence-corrected chi connectivity index (χ3v) is 19.2. The molecule has 14 nitrogen and oxygen atoms in total. The van der Waals surface area contributed by atoms with E-state index < -0.39 is 84.7 Å². The molecule has 0 aromatic carbocycles. The molecule has 1 saturated heterocycles. The summed E-state index contributed by atoms with van der Waals surface area (Å²) in [7, 11) is -8.63. The maximum atomic E-state index is 13.5. The maximum Gasteiger partial charge on any atom is 0.394 e. The van der Waals surface area contributed by atoms with Gasteiger partial charge in [0.1, 0.15) is 12.2 Å². The summed E-state index contributed by atoms with van der Waals surface area (Å²) in [6.07, 6.45) is -2.83. The van der Waals surface area contributed by atoms with Crippen LogP contribution in [-0.2, 0) is 44.5 Å². The Kier molecular flexibility index (Phi) is 9.37. The van der Waals surface area contributed by atoms with Crippen molar-refractivity contribution in [2.75, 3.05) is 6.61 Å². The van der Waals surface area contributed by atoms with E-state index in [0.29, 0.717) is 5.41 Å². The van der Waals surface area contributed by atoms with Crippen molar-refractivity contribution in [1.29, 1.82) is 0 Å². The number of aryl methyl sites for hydroxylation is 1. The quantitative estimate of drug-likeness (QED) is 0.246. The monoisotopic (exact) mass is 675 g/mol. The van der Waals surface area contributed by atoms with Crippen molar-refractivity contribution in [2.24, 2.45) is 7.05 Å². The lowest BCUT2D eigenvalue weighted by Crippen LogP contribution is -2.60. The molecule has 1 spiro atoms. The molecule has 2 aliphatic rings. The maximum absolute atomic E-state index is 13.5. The summed E-state index contributed by atoms with van der Waals surface area (Å²) in [6, 6.07) is 0. The number of hydrogen-bond acceptors (Lipinski definition) is 10. The van der Waals surface area contributed by atoms with Crippen molar-refractivity contribution in [3.05, 3.63) is 43.7 Å². The number of carboxylic acids is 1. The Morgan fingerprint density at radius 2 is 1.61 bits per heavy atom. The van der Waals surface area contributed by atoms with Crippen LogP contribution >= 0.6 is 0 Å². The Labute approximate surface area is 259 Å². The van der Waals surface area contributed by atoms with E-state index in [1.165, 1.54) is 20.2 Å². The molecule has 44 heavy (non-hydrogen) atoms. The van der Waals surface area contributed by atoms with Gasteiger partial charge in [-0.2, -0.15) is 8.42 Å². The van der Waals surface area contributed by atoms with E-state index in [9.17, 15) is 32.7 Å². The number of aromatic nitrogens is 2. The van der Waals surface area contributed by atoms with Crippen LogP contribution in [0, 0.1) is 6.92 Å². The highest BCUT2D eigenvalue weighted by Crippen LogP contribution is 2.52. The molecule has 3 heterocycles. The molecular formula is C27H45N3O11SSi2. The first-order valence-electron chi connectivity index (χ1n) is 14.2. The fourth-order valence-corrected chi connectivity index (χ4v) is 8.04. The van der Waals surface area contributed by atoms with E-state index >= 15 is 0 Å². The zero-order valence-corrected chi connectivity index (χ0v) is 30.2. The van der Waals surface area contributed by atoms with Gasteiger partial charge in [-0.1, -0.05) is 41.5 Å². The highest BCUT2D eigenvalue weighted by molar-refractivity contribution is 7.90. The number of nitrogens with zero attached hydrogens (tertiary/aromatic N) is 2. The second kappa shape index (κ2) is 11.4. The molecule has 0 bridgehead atoms. The largest absolute Gasteiger partial charge is 0.474 e. The number of ether oxygens (including phenoxy) is 1. The number of carboxylic acid groups (broad SMARTS) is 1. The molecule has 2 aliphatic heterocycles. The SMILES string of the molecule is Cc1cn([C@@H]2O[C@H](CO[Si](C)(C)C(C)(C)C)C3(OS(=O)(=O)C=C3NC(=O)C(=O)O)[C@H]2O[Si](C)(C)C(C)(C)C)c(=O)n(C)c1=O. The van der Waals surface area contributed by atoms with E-state index in [1.807, 2.05) is 67.7 Å². The van der Waals surface area contributed by atoms with Crippen LogP contribution in [0.15, 0.2) is 26.9 Å². The summed E-state index contributed by atoms with van der Waals surface area (Å²) in [5, 5.41) is 11.5. The van der Waals surface area contributed by atoms with E-state index in [4.69, 9.17) is 17.8 Å². The lowest BCUT2D eigenvalue weighted by Gasteiger charge is -2.44. The van der Waals surface area contributed by atoms with Gasteiger partial charge < -0.3 is 24.0 Å². The van der Waals surface area contributed by atoms with Gasteiger partial charge in [0.25, 0.3) is 15.7 Å². The van der Waals surface area contributed by atoms with Crippen LogP contribution in [-0.4, -0.2) is 75.6 Å². The van der Waals surface area contributed by atoms with E-state index in [0.717, 1.165) is 9.13 Å². The van der Waals surface area contributed by atoms with Crippen LogP contribution in [0.4, 0.5) is 0 Å². The molecule has 1 aromatic rings. The minimum Gasteiger partial charge on any atom is -0.474 e. The second-order valence-electron chi connectivity index (χ2n) is 14.4. The van der Waals surface area contributed by atoms with Gasteiger partial charge in [-0.05, 0) is 43.2 Å². The van der Waals surface area contributed by atoms with Gasteiger partial charge in [0.05, 0.1) is 17.7 Å². The molecule has 4 atom stereocenters. The van der Waals surface area contributed by atoms with Crippen molar-refractivity contribution in [3.63, 3.8) is 0 Å². The first-order valence-corrected chi connectivity index (χ1v) is 21.5. The molecule has 3 rings (SSSR count). The Hall–Kier alpha value is -2.42. The molecule has 1 fully saturated rings. The number of amides is 1. The predicted molar refractivity (Wildman–Crippen MR) is 166 cm³/mol. The summed E-state index contributed by atoms with van der Waals surface area (Å²) in [5.74, 6) is -3.37. The lowest BCUT2D eigenvalue weighted by atomic mass is 9.89. The molecule has 0 radical (unpaired) electrons. The van der Waals surface area contributed by atoms with Crippen LogP contribution < -0.4 is 16.6 Å². The Morgan fingerprint density at radius 1 is 1.07 bits per heavy atom. The van der Waals surface area contributed by atoms with Gasteiger partial charge in [-0.15, -0.1) is 0 Å². The summed E-state index contributed by atoms with van der Waals surface area (Å²) in [6.45, 7) is 20.9. The number of aliphatic carboxylic acids is 1. The van der Waals surface area contributed by atoms with Crippen LogP contribution in [0.1, 0.15) is 53.3 Å². The highest BCUT2D eigenvalue weighted by Gasteiger charge is 2.68. The summed E-state index contributed by atoms with van der Waals surface area (Å²) in [4.78, 5) is 50.2. The third-order valence-electron chi connectivity index (χ3n) is 9.23. The molecule has 0 saturated carbocycles. The number of carbonyl (C=O) groups is 2. The summed E-state index contributed by atoms with van der Waals surface area (Å²) in [5.41, 5.74) is -3.69. The third kappa shape index (κ3) is 6.45. The predicted octanol–water partition coefficient (Wildman–Crippen LogP) is 2.31. The van der Waals surface area contributed by atoms with Gasteiger partial charge in [-0.25, -0.2) is 13.8 Å². The molecule has 248 valence electrons. The van der Waals surface area contributed by atoms with Gasteiger partial charge in [0, 0.05) is 18.8 Å². The number of nitrogens with one attached hydrogen (secondary N) is 1. The van der Waals surface area contributed by atoms with Crippen molar-refractivity contribution in [1.82, 2.24) is 14.5 Å². The van der Waals surface area contributed by atoms with Gasteiger partial charge in [-0.3, -0.25) is 18.7 Å². The molecule has 1 unspecified atom stereocenters. The van der Waals surface area contributed by atoms with E-state index in [-0.39, 0.29) is 17.2 Å². The number of hydrogen-bond donors (Lipinski definition) is 2. The Morgan fingerprint density at radius 3 is 2.11 bits per heavy atom. The summed E-state index contributed by atoms with van der Waals surface area (Å²) >= 11 is 0. The fraction of sp³-hybridized carbons (Fsp3) is 0.704. The molecule has 1 amide bonds. The lowest BCUT2D eigenvalue weighted by molar-refractivity contribution is -0.150. The fourth-order valence-electron chi connectivity index (χ4n) is 4.51. The second-order valence-corrected chi connectivity index (χ2v) is 25.4. The normalized spacial score (nSPS) is 25.7. The minimum absolute atomic E-state index is 0.201. The molecular weight excluding hydrogens is 631 g/mol. The molecule has 17 heteroatoms. The Bertz CT molecular complexity index is 1600. The smallest absolute Gasteiger partial charge is 0.394 e. The van der Waals surface area contributed by atoms with Crippen molar-refractivity contribution < 1.29 is 40.9 Å². The van der Waals surface area contributed by atoms with E-state index in [1.54, 1.807) is 0 Å². The average molecular weight is 676 g/mol. The minimum atomic E-state index is -4.54.